The maximum absolute atomic E-state index is 11.9. The van der Waals surface area contributed by atoms with E-state index in [4.69, 9.17) is 0 Å². The molecule has 0 bridgehead atoms. The number of nitrogens with one attached hydrogen (secondary N) is 2. The molecule has 1 fully saturated rings. The molecular formula is C13H22ClN5O3. The topological polar surface area (TPSA) is 102 Å². The van der Waals surface area contributed by atoms with Gasteiger partial charge in [0.1, 0.15) is 11.4 Å². The predicted octanol–water partition coefficient (Wildman–Crippen LogP) is 1.09. The van der Waals surface area contributed by atoms with Gasteiger partial charge in [0.15, 0.2) is 0 Å². The first-order valence-corrected chi connectivity index (χ1v) is 7.17. The first kappa shape index (κ1) is 18.4. The van der Waals surface area contributed by atoms with Crippen molar-refractivity contribution >= 4 is 24.0 Å². The van der Waals surface area contributed by atoms with E-state index in [1.165, 1.54) is 4.68 Å². The van der Waals surface area contributed by atoms with Crippen molar-refractivity contribution in [1.29, 1.82) is 0 Å². The van der Waals surface area contributed by atoms with E-state index in [1.54, 1.807) is 13.8 Å². The van der Waals surface area contributed by atoms with Crippen LogP contribution in [0.4, 0.5) is 5.69 Å². The maximum Gasteiger partial charge on any atom is 0.312 e. The minimum Gasteiger partial charge on any atom is -0.352 e. The summed E-state index contributed by atoms with van der Waals surface area (Å²) in [6.45, 7) is 5.42. The minimum atomic E-state index is -0.429. The van der Waals surface area contributed by atoms with E-state index < -0.39 is 4.92 Å². The highest BCUT2D eigenvalue weighted by atomic mass is 35.5. The molecule has 1 amide bonds. The Hall–Kier alpha value is -1.67. The van der Waals surface area contributed by atoms with Gasteiger partial charge >= 0.3 is 5.69 Å². The van der Waals surface area contributed by atoms with Crippen LogP contribution in [0.15, 0.2) is 0 Å². The molecule has 2 N–H and O–H groups in total. The fourth-order valence-electron chi connectivity index (χ4n) is 2.65. The molecule has 1 aliphatic heterocycles. The second-order valence-corrected chi connectivity index (χ2v) is 5.36. The number of amides is 1. The summed E-state index contributed by atoms with van der Waals surface area (Å²) in [5, 5.41) is 21.3. The Morgan fingerprint density at radius 1 is 1.55 bits per heavy atom. The van der Waals surface area contributed by atoms with Crippen LogP contribution in [0.3, 0.4) is 0 Å². The van der Waals surface area contributed by atoms with Gasteiger partial charge in [-0.1, -0.05) is 0 Å². The van der Waals surface area contributed by atoms with Crippen LogP contribution in [0.25, 0.3) is 0 Å². The van der Waals surface area contributed by atoms with Gasteiger partial charge in [-0.25, -0.2) is 0 Å². The fraction of sp³-hybridized carbons (Fsp3) is 0.692. The minimum absolute atomic E-state index is 0. The van der Waals surface area contributed by atoms with E-state index in [2.05, 4.69) is 15.7 Å². The van der Waals surface area contributed by atoms with Crippen molar-refractivity contribution in [2.24, 2.45) is 0 Å². The van der Waals surface area contributed by atoms with Crippen molar-refractivity contribution in [2.75, 3.05) is 13.1 Å². The first-order valence-electron chi connectivity index (χ1n) is 7.17. The second-order valence-electron chi connectivity index (χ2n) is 5.36. The molecule has 1 atom stereocenters. The lowest BCUT2D eigenvalue weighted by Gasteiger charge is -2.23. The number of nitrogens with zero attached hydrogens (tertiary/aromatic N) is 3. The molecule has 1 aromatic rings. The zero-order chi connectivity index (χ0) is 15.4. The molecule has 0 aliphatic carbocycles. The molecule has 1 aliphatic rings. The highest BCUT2D eigenvalue weighted by molar-refractivity contribution is 5.85. The normalized spacial score (nSPS) is 17.6. The largest absolute Gasteiger partial charge is 0.352 e. The van der Waals surface area contributed by atoms with Gasteiger partial charge in [-0.2, -0.15) is 5.10 Å². The number of carbonyl (C=O) groups excluding carboxylic acids is 1. The van der Waals surface area contributed by atoms with Gasteiger partial charge in [0.25, 0.3) is 0 Å². The van der Waals surface area contributed by atoms with Crippen LogP contribution in [0.2, 0.25) is 0 Å². The highest BCUT2D eigenvalue weighted by Gasteiger charge is 2.22. The number of piperidine rings is 1. The van der Waals surface area contributed by atoms with Gasteiger partial charge in [-0.3, -0.25) is 19.6 Å². The molecule has 22 heavy (non-hydrogen) atoms. The monoisotopic (exact) mass is 331 g/mol. The quantitative estimate of drug-likeness (QED) is 0.621. The van der Waals surface area contributed by atoms with E-state index in [0.717, 1.165) is 25.9 Å². The summed E-state index contributed by atoms with van der Waals surface area (Å²) in [6.07, 6.45) is 2.33. The average Bonchev–Trinajstić information content (AvgIpc) is 2.72. The highest BCUT2D eigenvalue weighted by Crippen LogP contribution is 2.21. The van der Waals surface area contributed by atoms with Crippen LogP contribution in [0, 0.1) is 24.0 Å². The van der Waals surface area contributed by atoms with Gasteiger partial charge in [0, 0.05) is 19.0 Å². The standard InChI is InChI=1S/C13H21N5O3.ClH/c1-9-13(18(20)21)10(2)17(16-9)7-5-12(19)15-11-4-3-6-14-8-11;/h11,14H,3-8H2,1-2H3,(H,15,19);1H/t11-;/m0./s1. The van der Waals surface area contributed by atoms with Gasteiger partial charge < -0.3 is 10.6 Å². The molecule has 2 rings (SSSR count). The molecule has 9 heteroatoms. The lowest BCUT2D eigenvalue weighted by Crippen LogP contribution is -2.45. The van der Waals surface area contributed by atoms with Gasteiger partial charge in [0.05, 0.1) is 11.5 Å². The molecule has 0 unspecified atom stereocenters. The Morgan fingerprint density at radius 3 is 2.82 bits per heavy atom. The molecule has 2 heterocycles. The van der Waals surface area contributed by atoms with Gasteiger partial charge in [-0.05, 0) is 33.2 Å². The molecule has 124 valence electrons. The van der Waals surface area contributed by atoms with E-state index >= 15 is 0 Å². The Morgan fingerprint density at radius 2 is 2.27 bits per heavy atom. The summed E-state index contributed by atoms with van der Waals surface area (Å²) in [5.74, 6) is -0.0427. The smallest absolute Gasteiger partial charge is 0.312 e. The molecule has 0 aromatic carbocycles. The van der Waals surface area contributed by atoms with E-state index in [9.17, 15) is 14.9 Å². The van der Waals surface area contributed by atoms with Crippen LogP contribution in [-0.2, 0) is 11.3 Å². The molecule has 0 saturated carbocycles. The second kappa shape index (κ2) is 8.09. The summed E-state index contributed by atoms with van der Waals surface area (Å²) in [4.78, 5) is 22.4. The van der Waals surface area contributed by atoms with Crippen molar-refractivity contribution in [3.05, 3.63) is 21.5 Å². The van der Waals surface area contributed by atoms with Crippen LogP contribution in [0.5, 0.6) is 0 Å². The van der Waals surface area contributed by atoms with Crippen LogP contribution in [-0.4, -0.2) is 39.7 Å². The SMILES string of the molecule is Cc1nn(CCC(=O)N[C@H]2CCCNC2)c(C)c1[N+](=O)[O-].Cl. The van der Waals surface area contributed by atoms with E-state index in [-0.39, 0.29) is 36.5 Å². The van der Waals surface area contributed by atoms with Crippen molar-refractivity contribution in [3.8, 4) is 0 Å². The summed E-state index contributed by atoms with van der Waals surface area (Å²) in [7, 11) is 0. The number of carbonyl (C=O) groups is 1. The third-order valence-electron chi connectivity index (χ3n) is 3.74. The predicted molar refractivity (Wildman–Crippen MR) is 84.3 cm³/mol. The lowest BCUT2D eigenvalue weighted by molar-refractivity contribution is -0.386. The van der Waals surface area contributed by atoms with Crippen LogP contribution < -0.4 is 10.6 Å². The van der Waals surface area contributed by atoms with Crippen LogP contribution >= 0.6 is 12.4 Å². The first-order chi connectivity index (χ1) is 9.99. The summed E-state index contributed by atoms with van der Waals surface area (Å²) < 4.78 is 1.53. The Balaban J connectivity index is 0.00000242. The van der Waals surface area contributed by atoms with Crippen LogP contribution in [0.1, 0.15) is 30.7 Å². The summed E-state index contributed by atoms with van der Waals surface area (Å²) >= 11 is 0. The third-order valence-corrected chi connectivity index (χ3v) is 3.74. The van der Waals surface area contributed by atoms with Crippen molar-refractivity contribution in [1.82, 2.24) is 20.4 Å². The average molecular weight is 332 g/mol. The number of hydrogen-bond acceptors (Lipinski definition) is 5. The molecule has 8 nitrogen and oxygen atoms in total. The Labute approximate surface area is 135 Å². The summed E-state index contributed by atoms with van der Waals surface area (Å²) in [5.41, 5.74) is 0.908. The summed E-state index contributed by atoms with van der Waals surface area (Å²) in [6, 6.07) is 0.182. The Bertz CT molecular complexity index is 540. The molecule has 1 aromatic heterocycles. The lowest BCUT2D eigenvalue weighted by atomic mass is 10.1. The number of rotatable bonds is 5. The van der Waals surface area contributed by atoms with Crippen molar-refractivity contribution in [3.63, 3.8) is 0 Å². The van der Waals surface area contributed by atoms with Crippen molar-refractivity contribution < 1.29 is 9.72 Å². The zero-order valence-corrected chi connectivity index (χ0v) is 13.6. The molecule has 0 spiro atoms. The molecular weight excluding hydrogens is 310 g/mol. The number of hydrogen-bond donors (Lipinski definition) is 2. The van der Waals surface area contributed by atoms with Crippen molar-refractivity contribution in [2.45, 2.75) is 45.7 Å². The number of halogens is 1. The number of nitro groups is 1. The maximum atomic E-state index is 11.9. The number of aryl methyl sites for hydroxylation is 2. The van der Waals surface area contributed by atoms with Gasteiger partial charge in [0.2, 0.25) is 5.91 Å². The fourth-order valence-corrected chi connectivity index (χ4v) is 2.65. The Kier molecular flexibility index (Phi) is 6.76. The van der Waals surface area contributed by atoms with Gasteiger partial charge in [-0.15, -0.1) is 12.4 Å². The van der Waals surface area contributed by atoms with E-state index in [1.807, 2.05) is 0 Å². The third kappa shape index (κ3) is 4.41. The molecule has 1 saturated heterocycles. The molecule has 0 radical (unpaired) electrons. The number of aromatic nitrogens is 2. The zero-order valence-electron chi connectivity index (χ0n) is 12.8. The van der Waals surface area contributed by atoms with E-state index in [0.29, 0.717) is 17.9 Å².